The molecule has 2 aromatic carbocycles. The van der Waals surface area contributed by atoms with Gasteiger partial charge in [-0.05, 0) is 55.7 Å². The van der Waals surface area contributed by atoms with Crippen LogP contribution in [0.5, 0.6) is 0 Å². The predicted octanol–water partition coefficient (Wildman–Crippen LogP) is 3.24. The molecule has 0 bridgehead atoms. The lowest BCUT2D eigenvalue weighted by Gasteiger charge is -2.13. The summed E-state index contributed by atoms with van der Waals surface area (Å²) in [7, 11) is 0. The molecular formula is C22H26N4O2. The van der Waals surface area contributed by atoms with Gasteiger partial charge in [-0.3, -0.25) is 9.13 Å². The molecular weight excluding hydrogens is 352 g/mol. The molecule has 0 saturated carbocycles. The van der Waals surface area contributed by atoms with E-state index in [-0.39, 0.29) is 12.2 Å². The van der Waals surface area contributed by atoms with Gasteiger partial charge in [0.1, 0.15) is 0 Å². The van der Waals surface area contributed by atoms with Crippen LogP contribution < -0.4 is 5.69 Å². The molecule has 0 aliphatic carbocycles. The van der Waals surface area contributed by atoms with E-state index in [0.29, 0.717) is 13.1 Å². The number of rotatable bonds is 6. The average Bonchev–Trinajstić information content (AvgIpc) is 3.16. The van der Waals surface area contributed by atoms with Gasteiger partial charge in [-0.15, -0.1) is 0 Å². The highest BCUT2D eigenvalue weighted by atomic mass is 16.3. The Morgan fingerprint density at radius 1 is 1.00 bits per heavy atom. The summed E-state index contributed by atoms with van der Waals surface area (Å²) >= 11 is 0. The summed E-state index contributed by atoms with van der Waals surface area (Å²) in [5, 5.41) is 10.8. The molecule has 0 radical (unpaired) electrons. The van der Waals surface area contributed by atoms with Crippen LogP contribution in [0.25, 0.3) is 22.1 Å². The Kier molecular flexibility index (Phi) is 4.81. The zero-order valence-corrected chi connectivity index (χ0v) is 16.6. The number of aliphatic hydroxyl groups is 1. The first-order chi connectivity index (χ1) is 13.5. The summed E-state index contributed by atoms with van der Waals surface area (Å²) in [4.78, 5) is 17.4. The van der Waals surface area contributed by atoms with E-state index in [1.807, 2.05) is 28.8 Å². The lowest BCUT2D eigenvalue weighted by molar-refractivity contribution is 0.135. The van der Waals surface area contributed by atoms with Crippen molar-refractivity contribution < 1.29 is 5.11 Å². The van der Waals surface area contributed by atoms with Gasteiger partial charge in [-0.2, -0.15) is 0 Å². The fourth-order valence-corrected chi connectivity index (χ4v) is 3.84. The monoisotopic (exact) mass is 378 g/mol. The second-order valence-electron chi connectivity index (χ2n) is 7.51. The van der Waals surface area contributed by atoms with Crippen LogP contribution in [0, 0.1) is 13.8 Å². The molecule has 2 heterocycles. The van der Waals surface area contributed by atoms with Crippen LogP contribution in [0.1, 0.15) is 24.5 Å². The van der Waals surface area contributed by atoms with Crippen molar-refractivity contribution in [1.82, 2.24) is 18.7 Å². The molecule has 0 unspecified atom stereocenters. The van der Waals surface area contributed by atoms with Crippen LogP contribution in [-0.4, -0.2) is 29.9 Å². The number of para-hydroxylation sites is 2. The molecule has 1 N–H and O–H groups in total. The Morgan fingerprint density at radius 2 is 1.68 bits per heavy atom. The number of fused-ring (bicyclic) bond motifs is 2. The van der Waals surface area contributed by atoms with Crippen molar-refractivity contribution in [2.75, 3.05) is 0 Å². The number of hydrogen-bond donors (Lipinski definition) is 1. The summed E-state index contributed by atoms with van der Waals surface area (Å²) < 4.78 is 5.44. The van der Waals surface area contributed by atoms with Gasteiger partial charge in [0.15, 0.2) is 0 Å². The van der Waals surface area contributed by atoms with E-state index in [4.69, 9.17) is 0 Å². The molecule has 6 nitrogen and oxygen atoms in total. The van der Waals surface area contributed by atoms with Gasteiger partial charge in [0, 0.05) is 6.54 Å². The second-order valence-corrected chi connectivity index (χ2v) is 7.51. The fraction of sp³-hybridized carbons (Fsp3) is 0.364. The van der Waals surface area contributed by atoms with Crippen molar-refractivity contribution in [3.05, 3.63) is 64.3 Å². The number of nitrogens with zero attached hydrogens (tertiary/aromatic N) is 4. The van der Waals surface area contributed by atoms with Crippen LogP contribution in [0.3, 0.4) is 0 Å². The Bertz CT molecular complexity index is 1200. The number of aromatic nitrogens is 4. The minimum absolute atomic E-state index is 0.0657. The maximum atomic E-state index is 12.9. The standard InChI is InChI=1S/C22H26N4O2/c1-4-9-25-19-7-5-6-8-20(19)26(22(25)28)13-17(27)12-24-14-23-18-10-15(2)16(3)11-21(18)24/h5-8,10-11,14,17,27H,4,9,12-13H2,1-3H3/t17-/m0/s1. The van der Waals surface area contributed by atoms with Crippen molar-refractivity contribution in [3.8, 4) is 0 Å². The molecule has 4 aromatic rings. The molecule has 1 atom stereocenters. The van der Waals surface area contributed by atoms with Crippen molar-refractivity contribution in [2.24, 2.45) is 0 Å². The molecule has 0 aliphatic rings. The minimum Gasteiger partial charge on any atom is -0.389 e. The Labute approximate surface area is 163 Å². The highest BCUT2D eigenvalue weighted by Crippen LogP contribution is 2.19. The quantitative estimate of drug-likeness (QED) is 0.560. The van der Waals surface area contributed by atoms with Crippen LogP contribution in [0.4, 0.5) is 0 Å². The maximum Gasteiger partial charge on any atom is 0.329 e. The van der Waals surface area contributed by atoms with E-state index in [9.17, 15) is 9.90 Å². The predicted molar refractivity (Wildman–Crippen MR) is 112 cm³/mol. The Hall–Kier alpha value is -2.86. The number of imidazole rings is 2. The molecule has 2 aromatic heterocycles. The summed E-state index contributed by atoms with van der Waals surface area (Å²) in [5.41, 5.74) is 6.04. The van der Waals surface area contributed by atoms with Gasteiger partial charge in [0.25, 0.3) is 0 Å². The SMILES string of the molecule is CCCn1c(=O)n(C[C@@H](O)Cn2cnc3cc(C)c(C)cc32)c2ccccc21. The summed E-state index contributed by atoms with van der Waals surface area (Å²) in [6, 6.07) is 11.9. The lowest BCUT2D eigenvalue weighted by Crippen LogP contribution is -2.30. The second kappa shape index (κ2) is 7.28. The number of aliphatic hydroxyl groups excluding tert-OH is 1. The van der Waals surface area contributed by atoms with Crippen molar-refractivity contribution in [1.29, 1.82) is 0 Å². The maximum absolute atomic E-state index is 12.9. The first kappa shape index (κ1) is 18.5. The molecule has 0 fully saturated rings. The molecule has 0 spiro atoms. The number of aryl methyl sites for hydroxylation is 3. The average molecular weight is 378 g/mol. The molecule has 146 valence electrons. The van der Waals surface area contributed by atoms with Crippen LogP contribution in [0.15, 0.2) is 47.5 Å². The van der Waals surface area contributed by atoms with Gasteiger partial charge in [-0.25, -0.2) is 9.78 Å². The van der Waals surface area contributed by atoms with Crippen molar-refractivity contribution in [2.45, 2.75) is 52.9 Å². The van der Waals surface area contributed by atoms with Gasteiger partial charge < -0.3 is 9.67 Å². The summed E-state index contributed by atoms with van der Waals surface area (Å²) in [6.07, 6.45) is 1.95. The third-order valence-electron chi connectivity index (χ3n) is 5.41. The fourth-order valence-electron chi connectivity index (χ4n) is 3.84. The van der Waals surface area contributed by atoms with E-state index >= 15 is 0 Å². The van der Waals surface area contributed by atoms with Crippen LogP contribution >= 0.6 is 0 Å². The molecule has 0 amide bonds. The number of hydrogen-bond acceptors (Lipinski definition) is 3. The zero-order chi connectivity index (χ0) is 19.8. The smallest absolute Gasteiger partial charge is 0.329 e. The number of benzene rings is 2. The Balaban J connectivity index is 1.65. The molecule has 0 saturated heterocycles. The van der Waals surface area contributed by atoms with E-state index < -0.39 is 6.10 Å². The largest absolute Gasteiger partial charge is 0.389 e. The highest BCUT2D eigenvalue weighted by molar-refractivity contribution is 5.77. The summed E-state index contributed by atoms with van der Waals surface area (Å²) in [6.45, 7) is 7.51. The first-order valence-corrected chi connectivity index (χ1v) is 9.77. The lowest BCUT2D eigenvalue weighted by atomic mass is 10.1. The van der Waals surface area contributed by atoms with E-state index in [1.165, 1.54) is 11.1 Å². The normalized spacial score (nSPS) is 12.9. The van der Waals surface area contributed by atoms with Crippen LogP contribution in [0.2, 0.25) is 0 Å². The van der Waals surface area contributed by atoms with Crippen molar-refractivity contribution in [3.63, 3.8) is 0 Å². The first-order valence-electron chi connectivity index (χ1n) is 9.77. The van der Waals surface area contributed by atoms with Gasteiger partial charge in [0.05, 0.1) is 47.6 Å². The van der Waals surface area contributed by atoms with Gasteiger partial charge >= 0.3 is 5.69 Å². The van der Waals surface area contributed by atoms with E-state index in [2.05, 4.69) is 37.9 Å². The minimum atomic E-state index is -0.697. The molecule has 6 heteroatoms. The zero-order valence-electron chi connectivity index (χ0n) is 16.6. The van der Waals surface area contributed by atoms with Crippen molar-refractivity contribution >= 4 is 22.1 Å². The highest BCUT2D eigenvalue weighted by Gasteiger charge is 2.16. The third-order valence-corrected chi connectivity index (χ3v) is 5.41. The van der Waals surface area contributed by atoms with E-state index in [1.54, 1.807) is 15.5 Å². The molecule has 28 heavy (non-hydrogen) atoms. The summed E-state index contributed by atoms with van der Waals surface area (Å²) in [5.74, 6) is 0. The molecule has 0 aliphatic heterocycles. The molecule has 4 rings (SSSR count). The third kappa shape index (κ3) is 3.14. The Morgan fingerprint density at radius 3 is 2.39 bits per heavy atom. The topological polar surface area (TPSA) is 65.0 Å². The van der Waals surface area contributed by atoms with Gasteiger partial charge in [-0.1, -0.05) is 19.1 Å². The van der Waals surface area contributed by atoms with Crippen LogP contribution in [-0.2, 0) is 19.6 Å². The van der Waals surface area contributed by atoms with E-state index in [0.717, 1.165) is 28.5 Å². The van der Waals surface area contributed by atoms with Gasteiger partial charge in [0.2, 0.25) is 0 Å².